The van der Waals surface area contributed by atoms with E-state index in [1.807, 2.05) is 0 Å². The van der Waals surface area contributed by atoms with Gasteiger partial charge in [-0.25, -0.2) is 8.42 Å². The number of sulfonamides is 1. The van der Waals surface area contributed by atoms with Crippen molar-refractivity contribution in [3.63, 3.8) is 0 Å². The molecule has 1 heterocycles. The highest BCUT2D eigenvalue weighted by Crippen LogP contribution is 2.33. The van der Waals surface area contributed by atoms with Crippen LogP contribution in [0.1, 0.15) is 24.0 Å². The van der Waals surface area contributed by atoms with E-state index in [2.05, 4.69) is 0 Å². The van der Waals surface area contributed by atoms with Crippen molar-refractivity contribution in [2.24, 2.45) is 5.92 Å². The fourth-order valence-electron chi connectivity index (χ4n) is 2.52. The van der Waals surface area contributed by atoms with Gasteiger partial charge in [-0.2, -0.15) is 22.7 Å². The molecule has 0 aliphatic carbocycles. The van der Waals surface area contributed by atoms with Gasteiger partial charge in [0.25, 0.3) is 0 Å². The lowest BCUT2D eigenvalue weighted by Gasteiger charge is -2.30. The van der Waals surface area contributed by atoms with Crippen molar-refractivity contribution >= 4 is 16.0 Å². The number of piperidine rings is 1. The molecule has 6 nitrogen and oxygen atoms in total. The predicted molar refractivity (Wildman–Crippen MR) is 75.3 cm³/mol. The topological polar surface area (TPSA) is 98.5 Å². The molecule has 0 bridgehead atoms. The second-order valence-corrected chi connectivity index (χ2v) is 7.27. The first kappa shape index (κ1) is 18.2. The summed E-state index contributed by atoms with van der Waals surface area (Å²) in [7, 11) is -4.25. The molecule has 1 aromatic rings. The first-order valence-corrected chi connectivity index (χ1v) is 8.35. The van der Waals surface area contributed by atoms with Gasteiger partial charge in [-0.1, -0.05) is 0 Å². The molecule has 0 aromatic heterocycles. The quantitative estimate of drug-likeness (QED) is 0.887. The Hall–Kier alpha value is -2.12. The van der Waals surface area contributed by atoms with E-state index in [4.69, 9.17) is 10.4 Å². The second kappa shape index (κ2) is 6.41. The van der Waals surface area contributed by atoms with E-state index in [1.54, 1.807) is 0 Å². The van der Waals surface area contributed by atoms with Crippen molar-refractivity contribution in [1.29, 1.82) is 5.26 Å². The summed E-state index contributed by atoms with van der Waals surface area (Å²) in [6.07, 6.45) is -4.06. The molecule has 1 saturated heterocycles. The predicted octanol–water partition coefficient (Wildman–Crippen LogP) is 2.06. The van der Waals surface area contributed by atoms with Gasteiger partial charge >= 0.3 is 12.1 Å². The standard InChI is InChI=1S/C14H13F3N2O4S/c15-14(16,17)11-3-4-12(10(6-11)7-18)24(22,23)19-5-1-2-9(8-19)13(20)21/h3-4,6,9H,1-2,5,8H2,(H,20,21). The van der Waals surface area contributed by atoms with Gasteiger partial charge in [0.15, 0.2) is 0 Å². The van der Waals surface area contributed by atoms with Gasteiger partial charge in [0.05, 0.1) is 21.9 Å². The average molecular weight is 362 g/mol. The summed E-state index contributed by atoms with van der Waals surface area (Å²) < 4.78 is 64.2. The van der Waals surface area contributed by atoms with Crippen LogP contribution in [0.15, 0.2) is 23.1 Å². The van der Waals surface area contributed by atoms with Crippen LogP contribution < -0.4 is 0 Å². The van der Waals surface area contributed by atoms with Crippen LogP contribution >= 0.6 is 0 Å². The SMILES string of the molecule is N#Cc1cc(C(F)(F)F)ccc1S(=O)(=O)N1CCCC(C(=O)O)C1. The summed E-state index contributed by atoms with van der Waals surface area (Å²) in [5.74, 6) is -2.02. The lowest BCUT2D eigenvalue weighted by Crippen LogP contribution is -2.42. The van der Waals surface area contributed by atoms with Crippen molar-refractivity contribution < 1.29 is 31.5 Å². The maximum absolute atomic E-state index is 12.7. The maximum Gasteiger partial charge on any atom is 0.416 e. The molecule has 1 aliphatic rings. The van der Waals surface area contributed by atoms with Gasteiger partial charge < -0.3 is 5.11 Å². The molecule has 1 aromatic carbocycles. The fourth-order valence-corrected chi connectivity index (χ4v) is 4.17. The minimum absolute atomic E-state index is 0.0536. The molecular formula is C14H13F3N2O4S. The number of alkyl halides is 3. The molecule has 1 N–H and O–H groups in total. The van der Waals surface area contributed by atoms with E-state index in [1.165, 1.54) is 6.07 Å². The van der Waals surface area contributed by atoms with Gasteiger partial charge in [0.2, 0.25) is 10.0 Å². The Labute approximate surface area is 136 Å². The number of carbonyl (C=O) groups is 1. The Morgan fingerprint density at radius 3 is 2.58 bits per heavy atom. The first-order chi connectivity index (χ1) is 11.1. The highest BCUT2D eigenvalue weighted by atomic mass is 32.2. The molecule has 1 fully saturated rings. The molecule has 10 heteroatoms. The Bertz CT molecular complexity index is 799. The molecule has 0 amide bonds. The zero-order valence-corrected chi connectivity index (χ0v) is 13.1. The van der Waals surface area contributed by atoms with Crippen molar-refractivity contribution in [2.45, 2.75) is 23.9 Å². The van der Waals surface area contributed by atoms with Crippen molar-refractivity contribution in [3.05, 3.63) is 29.3 Å². The van der Waals surface area contributed by atoms with Crippen molar-refractivity contribution in [2.75, 3.05) is 13.1 Å². The van der Waals surface area contributed by atoms with Gasteiger partial charge in [0.1, 0.15) is 6.07 Å². The van der Waals surface area contributed by atoms with Crippen LogP contribution in [0.25, 0.3) is 0 Å². The summed E-state index contributed by atoms with van der Waals surface area (Å²) in [6.45, 7) is -0.221. The molecule has 0 saturated carbocycles. The Morgan fingerprint density at radius 2 is 2.04 bits per heavy atom. The van der Waals surface area contributed by atoms with Gasteiger partial charge in [-0.05, 0) is 31.0 Å². The van der Waals surface area contributed by atoms with Crippen LogP contribution in [0.5, 0.6) is 0 Å². The minimum Gasteiger partial charge on any atom is -0.481 e. The van der Waals surface area contributed by atoms with Crippen LogP contribution in [0.3, 0.4) is 0 Å². The Morgan fingerprint density at radius 1 is 1.38 bits per heavy atom. The van der Waals surface area contributed by atoms with E-state index in [9.17, 15) is 26.4 Å². The van der Waals surface area contributed by atoms with Crippen LogP contribution in [0, 0.1) is 17.2 Å². The van der Waals surface area contributed by atoms with Crippen molar-refractivity contribution in [1.82, 2.24) is 4.31 Å². The van der Waals surface area contributed by atoms with Gasteiger partial charge in [-0.15, -0.1) is 0 Å². The summed E-state index contributed by atoms with van der Waals surface area (Å²) >= 11 is 0. The molecule has 1 aliphatic heterocycles. The largest absolute Gasteiger partial charge is 0.481 e. The van der Waals surface area contributed by atoms with Crippen LogP contribution in [-0.2, 0) is 21.0 Å². The average Bonchev–Trinajstić information content (AvgIpc) is 2.53. The Balaban J connectivity index is 2.43. The van der Waals surface area contributed by atoms with Gasteiger partial charge in [-0.3, -0.25) is 4.79 Å². The summed E-state index contributed by atoms with van der Waals surface area (Å²) in [4.78, 5) is 10.5. The second-order valence-electron chi connectivity index (χ2n) is 5.36. The number of aliphatic carboxylic acids is 1. The van der Waals surface area contributed by atoms with Crippen molar-refractivity contribution in [3.8, 4) is 6.07 Å². The minimum atomic E-state index is -4.70. The molecule has 24 heavy (non-hydrogen) atoms. The van der Waals surface area contributed by atoms with E-state index >= 15 is 0 Å². The highest BCUT2D eigenvalue weighted by molar-refractivity contribution is 7.89. The van der Waals surface area contributed by atoms with E-state index in [-0.39, 0.29) is 13.1 Å². The number of halogens is 3. The highest BCUT2D eigenvalue weighted by Gasteiger charge is 2.36. The zero-order chi connectivity index (χ0) is 18.1. The number of carboxylic acid groups (broad SMARTS) is 1. The van der Waals surface area contributed by atoms with Gasteiger partial charge in [0, 0.05) is 13.1 Å². The summed E-state index contributed by atoms with van der Waals surface area (Å²) in [5, 5.41) is 18.0. The monoisotopic (exact) mass is 362 g/mol. The number of nitriles is 1. The van der Waals surface area contributed by atoms with Crippen LogP contribution in [0.4, 0.5) is 13.2 Å². The molecular weight excluding hydrogens is 349 g/mol. The molecule has 130 valence electrons. The number of hydrogen-bond acceptors (Lipinski definition) is 4. The number of hydrogen-bond donors (Lipinski definition) is 1. The van der Waals surface area contributed by atoms with Crippen LogP contribution in [0.2, 0.25) is 0 Å². The maximum atomic E-state index is 12.7. The molecule has 0 radical (unpaired) electrons. The third-order valence-corrected chi connectivity index (χ3v) is 5.70. The smallest absolute Gasteiger partial charge is 0.416 e. The van der Waals surface area contributed by atoms with Crippen LogP contribution in [-0.4, -0.2) is 36.9 Å². The normalized spacial score (nSPS) is 19.7. The Kier molecular flexibility index (Phi) is 4.87. The third kappa shape index (κ3) is 3.52. The summed E-state index contributed by atoms with van der Waals surface area (Å²) in [5.41, 5.74) is -1.75. The molecule has 2 rings (SSSR count). The zero-order valence-electron chi connectivity index (χ0n) is 12.2. The fraction of sp³-hybridized carbons (Fsp3) is 0.429. The number of carboxylic acids is 1. The number of rotatable bonds is 3. The molecule has 1 atom stereocenters. The first-order valence-electron chi connectivity index (χ1n) is 6.91. The number of benzene rings is 1. The third-order valence-electron chi connectivity index (χ3n) is 3.78. The van der Waals surface area contributed by atoms with E-state index < -0.39 is 44.1 Å². The molecule has 1 unspecified atom stereocenters. The number of nitrogens with zero attached hydrogens (tertiary/aromatic N) is 2. The lowest BCUT2D eigenvalue weighted by atomic mass is 10.0. The van der Waals surface area contributed by atoms with E-state index in [0.717, 1.165) is 10.4 Å². The lowest BCUT2D eigenvalue weighted by molar-refractivity contribution is -0.143. The van der Waals surface area contributed by atoms with E-state index in [0.29, 0.717) is 25.0 Å². The summed E-state index contributed by atoms with van der Waals surface area (Å²) in [6, 6.07) is 3.27. The molecule has 0 spiro atoms.